The second-order valence-corrected chi connectivity index (χ2v) is 6.53. The fraction of sp³-hybridized carbons (Fsp3) is 0.211. The topological polar surface area (TPSA) is 67.6 Å². The van der Waals surface area contributed by atoms with E-state index in [4.69, 9.17) is 4.42 Å². The number of tetrazole rings is 1. The Morgan fingerprint density at radius 3 is 2.57 bits per heavy atom. The second-order valence-electron chi connectivity index (χ2n) is 6.53. The summed E-state index contributed by atoms with van der Waals surface area (Å²) < 4.78 is 59.0. The van der Waals surface area contributed by atoms with Crippen molar-refractivity contribution in [3.63, 3.8) is 0 Å². The van der Waals surface area contributed by atoms with Crippen molar-refractivity contribution in [2.24, 2.45) is 0 Å². The molecule has 9 heteroatoms. The van der Waals surface area contributed by atoms with Crippen LogP contribution in [0.3, 0.4) is 0 Å². The van der Waals surface area contributed by atoms with Crippen LogP contribution >= 0.6 is 0 Å². The molecule has 0 saturated heterocycles. The van der Waals surface area contributed by atoms with Crippen LogP contribution in [0.15, 0.2) is 40.8 Å². The molecule has 1 N–H and O–H groups in total. The van der Waals surface area contributed by atoms with Crippen LogP contribution in [-0.4, -0.2) is 20.6 Å². The average molecular weight is 390 g/mol. The summed E-state index contributed by atoms with van der Waals surface area (Å²) in [5.41, 5.74) is 1.11. The third kappa shape index (κ3) is 3.60. The molecule has 2 heterocycles. The van der Waals surface area contributed by atoms with Gasteiger partial charge in [0.2, 0.25) is 5.82 Å². The molecule has 2 aromatic heterocycles. The Morgan fingerprint density at radius 2 is 1.86 bits per heavy atom. The van der Waals surface area contributed by atoms with Crippen molar-refractivity contribution in [3.8, 4) is 11.6 Å². The van der Waals surface area contributed by atoms with E-state index in [1.165, 1.54) is 6.07 Å². The molecular formula is C19H14F4N4O. The molecule has 28 heavy (non-hydrogen) atoms. The van der Waals surface area contributed by atoms with Gasteiger partial charge in [0.1, 0.15) is 11.4 Å². The number of halogens is 4. The Hall–Kier alpha value is -3.23. The van der Waals surface area contributed by atoms with Gasteiger partial charge in [-0.05, 0) is 66.4 Å². The van der Waals surface area contributed by atoms with E-state index >= 15 is 0 Å². The lowest BCUT2D eigenvalue weighted by molar-refractivity contribution is -0.137. The Morgan fingerprint density at radius 1 is 1.04 bits per heavy atom. The summed E-state index contributed by atoms with van der Waals surface area (Å²) >= 11 is 0. The molecule has 144 valence electrons. The second kappa shape index (κ2) is 6.74. The molecular weight excluding hydrogens is 376 g/mol. The van der Waals surface area contributed by atoms with E-state index < -0.39 is 17.6 Å². The van der Waals surface area contributed by atoms with Gasteiger partial charge in [0.25, 0.3) is 0 Å². The number of furan rings is 1. The highest BCUT2D eigenvalue weighted by Crippen LogP contribution is 2.31. The van der Waals surface area contributed by atoms with Gasteiger partial charge in [-0.1, -0.05) is 11.6 Å². The van der Waals surface area contributed by atoms with Gasteiger partial charge in [-0.2, -0.15) is 18.4 Å². The summed E-state index contributed by atoms with van der Waals surface area (Å²) in [5, 5.41) is 13.9. The molecule has 0 aliphatic carbocycles. The third-order valence-electron chi connectivity index (χ3n) is 4.40. The van der Waals surface area contributed by atoms with Gasteiger partial charge >= 0.3 is 6.18 Å². The highest BCUT2D eigenvalue weighted by Gasteiger charge is 2.30. The molecule has 0 amide bonds. The average Bonchev–Trinajstić information content (AvgIpc) is 3.27. The molecule has 0 aliphatic heterocycles. The fourth-order valence-electron chi connectivity index (χ4n) is 3.12. The van der Waals surface area contributed by atoms with E-state index in [0.29, 0.717) is 33.4 Å². The number of H-pyrrole nitrogens is 1. The van der Waals surface area contributed by atoms with Gasteiger partial charge in [0.15, 0.2) is 5.76 Å². The zero-order valence-electron chi connectivity index (χ0n) is 14.6. The minimum absolute atomic E-state index is 0.237. The largest absolute Gasteiger partial charge is 0.453 e. The smallest absolute Gasteiger partial charge is 0.416 e. The molecule has 2 aromatic carbocycles. The van der Waals surface area contributed by atoms with E-state index in [-0.39, 0.29) is 18.7 Å². The van der Waals surface area contributed by atoms with Crippen LogP contribution in [0, 0.1) is 12.7 Å². The van der Waals surface area contributed by atoms with Crippen molar-refractivity contribution >= 4 is 11.0 Å². The number of fused-ring (bicyclic) bond motifs is 1. The van der Waals surface area contributed by atoms with Crippen LogP contribution in [0.25, 0.3) is 22.6 Å². The molecule has 0 unspecified atom stereocenters. The van der Waals surface area contributed by atoms with Gasteiger partial charge < -0.3 is 4.42 Å². The quantitative estimate of drug-likeness (QED) is 0.505. The van der Waals surface area contributed by atoms with Gasteiger partial charge in [0, 0.05) is 5.39 Å². The summed E-state index contributed by atoms with van der Waals surface area (Å²) in [6.45, 7) is 1.60. The van der Waals surface area contributed by atoms with Crippen molar-refractivity contribution in [2.45, 2.75) is 25.9 Å². The van der Waals surface area contributed by atoms with Gasteiger partial charge in [0.05, 0.1) is 5.56 Å². The number of hydrogen-bond acceptors (Lipinski definition) is 4. The number of hydrogen-bond donors (Lipinski definition) is 1. The molecule has 0 aliphatic rings. The van der Waals surface area contributed by atoms with Crippen molar-refractivity contribution in [1.29, 1.82) is 0 Å². The van der Waals surface area contributed by atoms with Crippen molar-refractivity contribution < 1.29 is 22.0 Å². The summed E-state index contributed by atoms with van der Waals surface area (Å²) in [4.78, 5) is 0. The molecule has 0 atom stereocenters. The summed E-state index contributed by atoms with van der Waals surface area (Å²) in [5.74, 6) is 0.142. The molecule has 0 bridgehead atoms. The Kier molecular flexibility index (Phi) is 4.37. The SMILES string of the molecule is Cc1cc(CCc2cc3oc(-c4nn[nH]n4)cc3cc2F)cc(C(F)(F)F)c1. The standard InChI is InChI=1S/C19H14F4N4O/c1-10-4-11(6-14(5-10)19(21,22)23)2-3-12-8-16-13(7-15(12)20)9-17(28-16)18-24-26-27-25-18/h4-9H,2-3H2,1H3,(H,24,25,26,27). The zero-order chi connectivity index (χ0) is 19.9. The van der Waals surface area contributed by atoms with E-state index in [1.807, 2.05) is 0 Å². The van der Waals surface area contributed by atoms with Gasteiger partial charge in [-0.25, -0.2) is 4.39 Å². The normalized spacial score (nSPS) is 12.0. The summed E-state index contributed by atoms with van der Waals surface area (Å²) in [7, 11) is 0. The lowest BCUT2D eigenvalue weighted by Gasteiger charge is -2.11. The van der Waals surface area contributed by atoms with Crippen LogP contribution in [-0.2, 0) is 19.0 Å². The lowest BCUT2D eigenvalue weighted by Crippen LogP contribution is -2.06. The van der Waals surface area contributed by atoms with E-state index in [0.717, 1.165) is 12.1 Å². The first-order valence-corrected chi connectivity index (χ1v) is 8.43. The summed E-state index contributed by atoms with van der Waals surface area (Å²) in [6, 6.07) is 8.35. The first-order valence-electron chi connectivity index (χ1n) is 8.43. The van der Waals surface area contributed by atoms with Crippen LogP contribution in [0.1, 0.15) is 22.3 Å². The molecule has 4 rings (SSSR count). The predicted molar refractivity (Wildman–Crippen MR) is 92.9 cm³/mol. The minimum Gasteiger partial charge on any atom is -0.453 e. The van der Waals surface area contributed by atoms with Crippen molar-refractivity contribution in [1.82, 2.24) is 20.6 Å². The zero-order valence-corrected chi connectivity index (χ0v) is 14.6. The molecule has 4 aromatic rings. The third-order valence-corrected chi connectivity index (χ3v) is 4.40. The minimum atomic E-state index is -4.41. The first kappa shape index (κ1) is 18.1. The van der Waals surface area contributed by atoms with E-state index in [9.17, 15) is 17.6 Å². The number of aryl methyl sites for hydroxylation is 3. The monoisotopic (exact) mass is 390 g/mol. The number of alkyl halides is 3. The Balaban J connectivity index is 1.60. The van der Waals surface area contributed by atoms with Crippen LogP contribution in [0.5, 0.6) is 0 Å². The Bertz CT molecular complexity index is 1130. The van der Waals surface area contributed by atoms with Crippen LogP contribution < -0.4 is 0 Å². The number of aromatic amines is 1. The molecule has 5 nitrogen and oxygen atoms in total. The maximum atomic E-state index is 14.5. The number of nitrogens with one attached hydrogen (secondary N) is 1. The maximum Gasteiger partial charge on any atom is 0.416 e. The summed E-state index contributed by atoms with van der Waals surface area (Å²) in [6.07, 6.45) is -3.91. The first-order chi connectivity index (χ1) is 13.3. The fourth-order valence-corrected chi connectivity index (χ4v) is 3.12. The Labute approximate surface area is 156 Å². The number of nitrogens with zero attached hydrogens (tertiary/aromatic N) is 3. The van der Waals surface area contributed by atoms with E-state index in [2.05, 4.69) is 20.6 Å². The number of benzene rings is 2. The molecule has 0 radical (unpaired) electrons. The van der Waals surface area contributed by atoms with Crippen LogP contribution in [0.4, 0.5) is 17.6 Å². The number of aromatic nitrogens is 4. The van der Waals surface area contributed by atoms with E-state index in [1.54, 1.807) is 25.1 Å². The predicted octanol–water partition coefficient (Wildman–Crippen LogP) is 4.86. The maximum absolute atomic E-state index is 14.5. The highest BCUT2D eigenvalue weighted by atomic mass is 19.4. The molecule has 0 fully saturated rings. The molecule has 0 saturated carbocycles. The lowest BCUT2D eigenvalue weighted by atomic mass is 9.99. The van der Waals surface area contributed by atoms with Gasteiger partial charge in [-0.15, -0.1) is 10.2 Å². The van der Waals surface area contributed by atoms with Crippen molar-refractivity contribution in [2.75, 3.05) is 0 Å². The van der Waals surface area contributed by atoms with Crippen molar-refractivity contribution in [3.05, 3.63) is 64.5 Å². The van der Waals surface area contributed by atoms with Crippen LogP contribution in [0.2, 0.25) is 0 Å². The van der Waals surface area contributed by atoms with Gasteiger partial charge in [-0.3, -0.25) is 0 Å². The molecule has 0 spiro atoms. The highest BCUT2D eigenvalue weighted by molar-refractivity contribution is 5.82. The number of rotatable bonds is 4.